The van der Waals surface area contributed by atoms with Gasteiger partial charge in [-0.25, -0.2) is 4.98 Å². The van der Waals surface area contributed by atoms with Crippen molar-refractivity contribution >= 4 is 50.0 Å². The van der Waals surface area contributed by atoms with Crippen molar-refractivity contribution in [1.82, 2.24) is 4.98 Å². The Kier molecular flexibility index (Phi) is 4.21. The fourth-order valence-electron chi connectivity index (χ4n) is 2.33. The van der Waals surface area contributed by atoms with E-state index in [0.29, 0.717) is 5.15 Å². The van der Waals surface area contributed by atoms with Gasteiger partial charge in [-0.1, -0.05) is 51.3 Å². The highest BCUT2D eigenvalue weighted by Gasteiger charge is 2.07. The molecule has 0 amide bonds. The van der Waals surface area contributed by atoms with Crippen LogP contribution >= 0.6 is 39.1 Å². The summed E-state index contributed by atoms with van der Waals surface area (Å²) in [7, 11) is 0. The molecule has 0 aliphatic carbocycles. The van der Waals surface area contributed by atoms with Crippen LogP contribution in [0.2, 0.25) is 10.2 Å². The molecule has 0 radical (unpaired) electrons. The monoisotopic (exact) mass is 379 g/mol. The minimum absolute atomic E-state index is 0.553. The maximum absolute atomic E-state index is 6.32. The van der Waals surface area contributed by atoms with Gasteiger partial charge in [0.1, 0.15) is 5.15 Å². The van der Waals surface area contributed by atoms with Crippen LogP contribution in [-0.4, -0.2) is 4.98 Å². The number of fused-ring (bicyclic) bond motifs is 1. The molecule has 0 unspecified atom stereocenters. The third-order valence-corrected chi connectivity index (χ3v) is 4.66. The van der Waals surface area contributed by atoms with E-state index in [0.717, 1.165) is 37.9 Å². The number of aromatic nitrogens is 1. The van der Waals surface area contributed by atoms with Crippen LogP contribution in [0.15, 0.2) is 46.9 Å². The van der Waals surface area contributed by atoms with Crippen molar-refractivity contribution in [1.29, 1.82) is 0 Å². The average molecular weight is 381 g/mol. The summed E-state index contributed by atoms with van der Waals surface area (Å²) < 4.78 is 1.03. The lowest BCUT2D eigenvalue weighted by atomic mass is 10.0. The van der Waals surface area contributed by atoms with Crippen molar-refractivity contribution in [3.63, 3.8) is 0 Å². The van der Waals surface area contributed by atoms with E-state index in [1.807, 2.05) is 31.2 Å². The average Bonchev–Trinajstić information content (AvgIpc) is 2.44. The van der Waals surface area contributed by atoms with Crippen LogP contribution in [0.5, 0.6) is 0 Å². The Bertz CT molecular complexity index is 830. The molecule has 3 rings (SSSR count). The fourth-order valence-corrected chi connectivity index (χ4v) is 3.04. The van der Waals surface area contributed by atoms with Crippen LogP contribution < -0.4 is 0 Å². The molecular weight excluding hydrogens is 369 g/mol. The number of pyridine rings is 1. The van der Waals surface area contributed by atoms with Gasteiger partial charge in [0, 0.05) is 21.3 Å². The molecule has 1 aromatic heterocycles. The summed E-state index contributed by atoms with van der Waals surface area (Å²) in [6.07, 6.45) is 0.742. The Morgan fingerprint density at radius 3 is 2.62 bits per heavy atom. The smallest absolute Gasteiger partial charge is 0.133 e. The van der Waals surface area contributed by atoms with Gasteiger partial charge in [0.2, 0.25) is 0 Å². The third-order valence-electron chi connectivity index (χ3n) is 3.42. The Hall–Kier alpha value is -1.09. The summed E-state index contributed by atoms with van der Waals surface area (Å²) in [6.45, 7) is 2.00. The number of rotatable bonds is 2. The van der Waals surface area contributed by atoms with Crippen LogP contribution in [0.4, 0.5) is 0 Å². The van der Waals surface area contributed by atoms with Gasteiger partial charge >= 0.3 is 0 Å². The van der Waals surface area contributed by atoms with Crippen molar-refractivity contribution in [3.8, 4) is 0 Å². The number of nitrogens with zero attached hydrogens (tertiary/aromatic N) is 1. The molecule has 1 heterocycles. The molecule has 2 aromatic carbocycles. The first-order valence-corrected chi connectivity index (χ1v) is 8.07. The zero-order chi connectivity index (χ0) is 15.0. The molecule has 4 heteroatoms. The molecular formula is C17H12BrCl2N. The second-order valence-corrected chi connectivity index (χ2v) is 6.72. The van der Waals surface area contributed by atoms with E-state index in [4.69, 9.17) is 23.2 Å². The van der Waals surface area contributed by atoms with Gasteiger partial charge in [-0.15, -0.1) is 0 Å². The van der Waals surface area contributed by atoms with E-state index in [1.165, 1.54) is 5.56 Å². The van der Waals surface area contributed by atoms with Gasteiger partial charge in [-0.2, -0.15) is 0 Å². The van der Waals surface area contributed by atoms with Crippen molar-refractivity contribution in [3.05, 3.63) is 73.8 Å². The summed E-state index contributed by atoms with van der Waals surface area (Å²) in [6, 6.07) is 14.1. The second-order valence-electron chi connectivity index (χ2n) is 5.04. The molecule has 0 aliphatic heterocycles. The Morgan fingerprint density at radius 1 is 1.05 bits per heavy atom. The molecule has 0 atom stereocenters. The summed E-state index contributed by atoms with van der Waals surface area (Å²) >= 11 is 15.9. The summed E-state index contributed by atoms with van der Waals surface area (Å²) in [4.78, 5) is 4.47. The Labute approximate surface area is 142 Å². The second kappa shape index (κ2) is 5.96. The van der Waals surface area contributed by atoms with Crippen molar-refractivity contribution in [2.24, 2.45) is 0 Å². The maximum atomic E-state index is 6.32. The van der Waals surface area contributed by atoms with Gasteiger partial charge < -0.3 is 0 Å². The predicted molar refractivity (Wildman–Crippen MR) is 93.4 cm³/mol. The SMILES string of the molecule is Cc1cc(Cc2cc3cc(Br)ccc3nc2Cl)ccc1Cl. The Morgan fingerprint density at radius 2 is 1.86 bits per heavy atom. The summed E-state index contributed by atoms with van der Waals surface area (Å²) in [5.41, 5.74) is 4.17. The van der Waals surface area contributed by atoms with Crippen molar-refractivity contribution in [2.45, 2.75) is 13.3 Å². The van der Waals surface area contributed by atoms with E-state index >= 15 is 0 Å². The van der Waals surface area contributed by atoms with Gasteiger partial charge in [0.25, 0.3) is 0 Å². The number of aryl methyl sites for hydroxylation is 1. The molecule has 0 spiro atoms. The highest BCUT2D eigenvalue weighted by atomic mass is 79.9. The van der Waals surface area contributed by atoms with Crippen molar-refractivity contribution in [2.75, 3.05) is 0 Å². The quantitative estimate of drug-likeness (QED) is 0.482. The number of hydrogen-bond donors (Lipinski definition) is 0. The Balaban J connectivity index is 2.03. The van der Waals surface area contributed by atoms with Crippen LogP contribution in [-0.2, 0) is 6.42 Å². The lowest BCUT2D eigenvalue weighted by Crippen LogP contribution is -1.93. The van der Waals surface area contributed by atoms with Crippen LogP contribution in [0, 0.1) is 6.92 Å². The highest BCUT2D eigenvalue weighted by Crippen LogP contribution is 2.26. The van der Waals surface area contributed by atoms with E-state index < -0.39 is 0 Å². The molecule has 1 nitrogen and oxygen atoms in total. The van der Waals surface area contributed by atoms with Gasteiger partial charge in [-0.3, -0.25) is 0 Å². The fraction of sp³-hybridized carbons (Fsp3) is 0.118. The lowest BCUT2D eigenvalue weighted by Gasteiger charge is -2.08. The molecule has 0 bridgehead atoms. The third kappa shape index (κ3) is 3.23. The maximum Gasteiger partial charge on any atom is 0.133 e. The summed E-state index contributed by atoms with van der Waals surface area (Å²) in [5.74, 6) is 0. The van der Waals surface area contributed by atoms with Gasteiger partial charge in [0.05, 0.1) is 5.52 Å². The first kappa shape index (κ1) is 14.8. The molecule has 3 aromatic rings. The molecule has 0 saturated carbocycles. The van der Waals surface area contributed by atoms with Gasteiger partial charge in [-0.05, 0) is 53.9 Å². The molecule has 0 saturated heterocycles. The minimum atomic E-state index is 0.553. The van der Waals surface area contributed by atoms with E-state index in [1.54, 1.807) is 0 Å². The first-order chi connectivity index (χ1) is 10.0. The topological polar surface area (TPSA) is 12.9 Å². The zero-order valence-electron chi connectivity index (χ0n) is 11.3. The van der Waals surface area contributed by atoms with E-state index in [-0.39, 0.29) is 0 Å². The van der Waals surface area contributed by atoms with Gasteiger partial charge in [0.15, 0.2) is 0 Å². The molecule has 0 N–H and O–H groups in total. The molecule has 0 aliphatic rings. The molecule has 106 valence electrons. The van der Waals surface area contributed by atoms with E-state index in [2.05, 4.69) is 39.1 Å². The first-order valence-electron chi connectivity index (χ1n) is 6.52. The van der Waals surface area contributed by atoms with Crippen molar-refractivity contribution < 1.29 is 0 Å². The lowest BCUT2D eigenvalue weighted by molar-refractivity contribution is 1.16. The number of hydrogen-bond acceptors (Lipinski definition) is 1. The largest absolute Gasteiger partial charge is 0.236 e. The van der Waals surface area contributed by atoms with Crippen LogP contribution in [0.1, 0.15) is 16.7 Å². The predicted octanol–water partition coefficient (Wildman–Crippen LogP) is 6.20. The molecule has 21 heavy (non-hydrogen) atoms. The normalized spacial score (nSPS) is 11.0. The summed E-state index contributed by atoms with van der Waals surface area (Å²) in [5, 5.41) is 2.41. The van der Waals surface area contributed by atoms with E-state index in [9.17, 15) is 0 Å². The van der Waals surface area contributed by atoms with Crippen LogP contribution in [0.25, 0.3) is 10.9 Å². The minimum Gasteiger partial charge on any atom is -0.236 e. The number of halogens is 3. The van der Waals surface area contributed by atoms with Crippen LogP contribution in [0.3, 0.4) is 0 Å². The highest BCUT2D eigenvalue weighted by molar-refractivity contribution is 9.10. The molecule has 0 fully saturated rings. The number of benzene rings is 2. The zero-order valence-corrected chi connectivity index (χ0v) is 14.4. The standard InChI is InChI=1S/C17H12BrCl2N/c1-10-6-11(2-4-15(10)19)7-13-8-12-9-14(18)3-5-16(12)21-17(13)20/h2-6,8-9H,7H2,1H3.